The minimum Gasteiger partial charge on any atom is -0.383 e. The zero-order valence-electron chi connectivity index (χ0n) is 12.0. The lowest BCUT2D eigenvalue weighted by atomic mass is 9.98. The molecule has 0 unspecified atom stereocenters. The number of pyridine rings is 1. The molecule has 110 valence electrons. The number of carbonyl (C=O) groups excluding carboxylic acids is 1. The third kappa shape index (κ3) is 4.28. The molecule has 1 atom stereocenters. The molecular formula is C15H23N3O2. The van der Waals surface area contributed by atoms with Crippen LogP contribution in [0.2, 0.25) is 0 Å². The number of hydrogen-bond acceptors (Lipinski definition) is 4. The predicted octanol–water partition coefficient (Wildman–Crippen LogP) is 1.06. The largest absolute Gasteiger partial charge is 0.383 e. The van der Waals surface area contributed by atoms with Crippen LogP contribution in [0.15, 0.2) is 24.4 Å². The number of hydrogen-bond donors (Lipinski definition) is 1. The third-order valence-electron chi connectivity index (χ3n) is 3.60. The maximum absolute atomic E-state index is 12.6. The first kappa shape index (κ1) is 14.9. The van der Waals surface area contributed by atoms with E-state index in [0.29, 0.717) is 19.7 Å². The molecule has 2 heterocycles. The van der Waals surface area contributed by atoms with Crippen molar-refractivity contribution in [2.75, 3.05) is 33.4 Å². The second kappa shape index (κ2) is 7.97. The number of methoxy groups -OCH3 is 1. The Bertz CT molecular complexity index is 405. The molecule has 0 bridgehead atoms. The second-order valence-corrected chi connectivity index (χ2v) is 5.12. The Balaban J connectivity index is 2.00. The molecule has 1 saturated heterocycles. The van der Waals surface area contributed by atoms with Crippen LogP contribution in [0.25, 0.3) is 0 Å². The molecule has 1 aromatic rings. The first-order valence-corrected chi connectivity index (χ1v) is 7.19. The van der Waals surface area contributed by atoms with E-state index in [9.17, 15) is 4.79 Å². The summed E-state index contributed by atoms with van der Waals surface area (Å²) in [6.45, 7) is 3.52. The number of piperidine rings is 1. The highest BCUT2D eigenvalue weighted by molar-refractivity contribution is 5.79. The highest BCUT2D eigenvalue weighted by Crippen LogP contribution is 2.15. The summed E-state index contributed by atoms with van der Waals surface area (Å²) in [5.41, 5.74) is 0.917. The van der Waals surface area contributed by atoms with Gasteiger partial charge in [-0.25, -0.2) is 0 Å². The average molecular weight is 277 g/mol. The van der Waals surface area contributed by atoms with Gasteiger partial charge in [-0.2, -0.15) is 0 Å². The zero-order valence-corrected chi connectivity index (χ0v) is 12.0. The van der Waals surface area contributed by atoms with Gasteiger partial charge in [0, 0.05) is 26.4 Å². The van der Waals surface area contributed by atoms with Gasteiger partial charge in [-0.1, -0.05) is 6.07 Å². The van der Waals surface area contributed by atoms with Crippen LogP contribution >= 0.6 is 0 Å². The summed E-state index contributed by atoms with van der Waals surface area (Å²) in [6, 6.07) is 5.78. The standard InChI is InChI=1S/C15H23N3O2/c1-20-10-9-18(12-14-6-2-3-8-17-14)15(19)13-5-4-7-16-11-13/h2-3,6,8,13,16H,4-5,7,9-12H2,1H3/t13-/m1/s1. The number of rotatable bonds is 6. The summed E-state index contributed by atoms with van der Waals surface area (Å²) < 4.78 is 5.12. The van der Waals surface area contributed by atoms with Crippen molar-refractivity contribution >= 4 is 5.91 Å². The summed E-state index contributed by atoms with van der Waals surface area (Å²) in [5, 5.41) is 3.30. The third-order valence-corrected chi connectivity index (χ3v) is 3.60. The second-order valence-electron chi connectivity index (χ2n) is 5.12. The van der Waals surface area contributed by atoms with E-state index in [2.05, 4.69) is 10.3 Å². The van der Waals surface area contributed by atoms with Crippen LogP contribution in [0.1, 0.15) is 18.5 Å². The van der Waals surface area contributed by atoms with Crippen LogP contribution in [0, 0.1) is 5.92 Å². The Morgan fingerprint density at radius 2 is 2.45 bits per heavy atom. The van der Waals surface area contributed by atoms with E-state index in [1.807, 2.05) is 23.1 Å². The summed E-state index contributed by atoms with van der Waals surface area (Å²) in [6.07, 6.45) is 3.80. The van der Waals surface area contributed by atoms with Gasteiger partial charge in [0.05, 0.1) is 24.8 Å². The molecule has 0 radical (unpaired) electrons. The Morgan fingerprint density at radius 3 is 3.10 bits per heavy atom. The molecule has 0 aromatic carbocycles. The molecule has 1 aliphatic heterocycles. The average Bonchev–Trinajstić information content (AvgIpc) is 2.52. The van der Waals surface area contributed by atoms with E-state index in [1.165, 1.54) is 0 Å². The normalized spacial score (nSPS) is 18.8. The molecule has 1 fully saturated rings. The first-order valence-electron chi connectivity index (χ1n) is 7.19. The van der Waals surface area contributed by atoms with Crippen LogP contribution in [-0.2, 0) is 16.1 Å². The Labute approximate surface area is 120 Å². The van der Waals surface area contributed by atoms with Crippen LogP contribution in [-0.4, -0.2) is 49.1 Å². The van der Waals surface area contributed by atoms with Crippen molar-refractivity contribution in [2.24, 2.45) is 5.92 Å². The van der Waals surface area contributed by atoms with E-state index in [-0.39, 0.29) is 11.8 Å². The predicted molar refractivity (Wildman–Crippen MR) is 77.1 cm³/mol. The summed E-state index contributed by atoms with van der Waals surface area (Å²) in [5.74, 6) is 0.296. The lowest BCUT2D eigenvalue weighted by molar-refractivity contribution is -0.137. The number of nitrogens with zero attached hydrogens (tertiary/aromatic N) is 2. The van der Waals surface area contributed by atoms with Gasteiger partial charge in [-0.3, -0.25) is 9.78 Å². The van der Waals surface area contributed by atoms with Gasteiger partial charge in [0.1, 0.15) is 0 Å². The van der Waals surface area contributed by atoms with Gasteiger partial charge in [0.15, 0.2) is 0 Å². The molecule has 5 nitrogen and oxygen atoms in total. The van der Waals surface area contributed by atoms with E-state index < -0.39 is 0 Å². The summed E-state index contributed by atoms with van der Waals surface area (Å²) in [7, 11) is 1.66. The molecule has 0 spiro atoms. The van der Waals surface area contributed by atoms with Gasteiger partial charge in [0.25, 0.3) is 0 Å². The summed E-state index contributed by atoms with van der Waals surface area (Å²) >= 11 is 0. The molecule has 1 amide bonds. The van der Waals surface area contributed by atoms with Crippen molar-refractivity contribution in [3.8, 4) is 0 Å². The van der Waals surface area contributed by atoms with Crippen molar-refractivity contribution in [1.29, 1.82) is 0 Å². The fraction of sp³-hybridized carbons (Fsp3) is 0.600. The van der Waals surface area contributed by atoms with E-state index >= 15 is 0 Å². The number of nitrogens with one attached hydrogen (secondary N) is 1. The van der Waals surface area contributed by atoms with Gasteiger partial charge in [-0.05, 0) is 31.5 Å². The quantitative estimate of drug-likeness (QED) is 0.844. The number of carbonyl (C=O) groups is 1. The Morgan fingerprint density at radius 1 is 1.55 bits per heavy atom. The molecular weight excluding hydrogens is 254 g/mol. The topological polar surface area (TPSA) is 54.5 Å². The Hall–Kier alpha value is -1.46. The van der Waals surface area contributed by atoms with Gasteiger partial charge >= 0.3 is 0 Å². The van der Waals surface area contributed by atoms with E-state index in [1.54, 1.807) is 13.3 Å². The van der Waals surface area contributed by atoms with E-state index in [4.69, 9.17) is 4.74 Å². The monoisotopic (exact) mass is 277 g/mol. The van der Waals surface area contributed by atoms with Gasteiger partial charge < -0.3 is 15.0 Å². The molecule has 1 aromatic heterocycles. The molecule has 0 aliphatic carbocycles. The van der Waals surface area contributed by atoms with Gasteiger partial charge in [0.2, 0.25) is 5.91 Å². The fourth-order valence-electron chi connectivity index (χ4n) is 2.48. The molecule has 1 aliphatic rings. The first-order chi connectivity index (χ1) is 9.81. The summed E-state index contributed by atoms with van der Waals surface area (Å²) in [4.78, 5) is 18.8. The molecule has 1 N–H and O–H groups in total. The molecule has 0 saturated carbocycles. The van der Waals surface area contributed by atoms with Crippen molar-refractivity contribution < 1.29 is 9.53 Å². The SMILES string of the molecule is COCCN(Cc1ccccn1)C(=O)[C@@H]1CCCNC1. The van der Waals surface area contributed by atoms with Crippen LogP contribution in [0.4, 0.5) is 0 Å². The number of amides is 1. The maximum Gasteiger partial charge on any atom is 0.227 e. The number of ether oxygens (including phenoxy) is 1. The molecule has 5 heteroatoms. The lowest BCUT2D eigenvalue weighted by Gasteiger charge is -2.29. The molecule has 20 heavy (non-hydrogen) atoms. The highest BCUT2D eigenvalue weighted by atomic mass is 16.5. The van der Waals surface area contributed by atoms with Crippen molar-refractivity contribution in [3.63, 3.8) is 0 Å². The highest BCUT2D eigenvalue weighted by Gasteiger charge is 2.25. The van der Waals surface area contributed by atoms with E-state index in [0.717, 1.165) is 31.6 Å². The smallest absolute Gasteiger partial charge is 0.227 e. The molecule has 2 rings (SSSR count). The van der Waals surface area contributed by atoms with Crippen molar-refractivity contribution in [2.45, 2.75) is 19.4 Å². The minimum atomic E-state index is 0.0873. The lowest BCUT2D eigenvalue weighted by Crippen LogP contribution is -2.44. The fourth-order valence-corrected chi connectivity index (χ4v) is 2.48. The maximum atomic E-state index is 12.6. The minimum absolute atomic E-state index is 0.0873. The Kier molecular flexibility index (Phi) is 5.95. The number of aromatic nitrogens is 1. The van der Waals surface area contributed by atoms with Crippen LogP contribution in [0.3, 0.4) is 0 Å². The van der Waals surface area contributed by atoms with Crippen molar-refractivity contribution in [3.05, 3.63) is 30.1 Å². The van der Waals surface area contributed by atoms with Gasteiger partial charge in [-0.15, -0.1) is 0 Å². The van der Waals surface area contributed by atoms with Crippen molar-refractivity contribution in [1.82, 2.24) is 15.2 Å². The zero-order chi connectivity index (χ0) is 14.2. The van der Waals surface area contributed by atoms with Crippen LogP contribution < -0.4 is 5.32 Å². The van der Waals surface area contributed by atoms with Crippen LogP contribution in [0.5, 0.6) is 0 Å².